The maximum Gasteiger partial charge on any atom is 0.338 e. The Bertz CT molecular complexity index is 1090. The standard InChI is InChI=1S/C25H24O7/c1-5-25(15-29-23(27)19-10-6-16(2)7-11-19)21(14-22(32-25)30-18(4)26)31-24(28)20-12-8-17(3)9-13-20/h1,6-13,21-22H,14-15H2,2-4H3/t21-,22?,25+/m0/s1/i22D. The Morgan fingerprint density at radius 3 is 2.06 bits per heavy atom. The van der Waals surface area contributed by atoms with E-state index in [0.29, 0.717) is 0 Å². The van der Waals surface area contributed by atoms with Crippen LogP contribution in [-0.2, 0) is 23.7 Å². The minimum atomic E-state index is -2.22. The molecule has 1 fully saturated rings. The summed E-state index contributed by atoms with van der Waals surface area (Å²) in [6, 6.07) is 13.4. The van der Waals surface area contributed by atoms with E-state index in [9.17, 15) is 14.4 Å². The van der Waals surface area contributed by atoms with Crippen molar-refractivity contribution in [1.29, 1.82) is 0 Å². The molecule has 3 rings (SSSR count). The Balaban J connectivity index is 1.83. The highest BCUT2D eigenvalue weighted by molar-refractivity contribution is 5.90. The zero-order valence-electron chi connectivity index (χ0n) is 19.0. The molecule has 166 valence electrons. The number of esters is 3. The van der Waals surface area contributed by atoms with Crippen LogP contribution in [0.4, 0.5) is 0 Å². The van der Waals surface area contributed by atoms with Crippen molar-refractivity contribution in [3.8, 4) is 12.3 Å². The van der Waals surface area contributed by atoms with Gasteiger partial charge in [-0.2, -0.15) is 0 Å². The number of terminal acetylenes is 1. The van der Waals surface area contributed by atoms with Crippen molar-refractivity contribution in [1.82, 2.24) is 0 Å². The first kappa shape index (κ1) is 21.6. The Kier molecular flexibility index (Phi) is 6.52. The number of ether oxygens (including phenoxy) is 4. The van der Waals surface area contributed by atoms with Crippen LogP contribution >= 0.6 is 0 Å². The fraction of sp³-hybridized carbons (Fsp3) is 0.320. The molecule has 0 N–H and O–H groups in total. The monoisotopic (exact) mass is 437 g/mol. The molecule has 0 radical (unpaired) electrons. The predicted molar refractivity (Wildman–Crippen MR) is 115 cm³/mol. The fourth-order valence-electron chi connectivity index (χ4n) is 3.11. The molecule has 2 aromatic rings. The highest BCUT2D eigenvalue weighted by atomic mass is 16.7. The van der Waals surface area contributed by atoms with Crippen molar-refractivity contribution in [3.63, 3.8) is 0 Å². The van der Waals surface area contributed by atoms with Crippen LogP contribution in [0.3, 0.4) is 0 Å². The zero-order valence-corrected chi connectivity index (χ0v) is 18.0. The van der Waals surface area contributed by atoms with E-state index in [1.165, 1.54) is 0 Å². The number of hydrogen-bond donors (Lipinski definition) is 0. The van der Waals surface area contributed by atoms with Gasteiger partial charge >= 0.3 is 17.9 Å². The average molecular weight is 437 g/mol. The Hall–Kier alpha value is -3.63. The third-order valence-electron chi connectivity index (χ3n) is 4.91. The quantitative estimate of drug-likeness (QED) is 0.389. The van der Waals surface area contributed by atoms with Gasteiger partial charge < -0.3 is 18.9 Å². The van der Waals surface area contributed by atoms with E-state index in [1.54, 1.807) is 48.5 Å². The predicted octanol–water partition coefficient (Wildman–Crippen LogP) is 3.37. The van der Waals surface area contributed by atoms with Crippen LogP contribution in [0.2, 0.25) is 0 Å². The molecule has 0 spiro atoms. The molecule has 0 bridgehead atoms. The van der Waals surface area contributed by atoms with Crippen LogP contribution in [0.1, 0.15) is 46.6 Å². The maximum absolute atomic E-state index is 12.7. The average Bonchev–Trinajstić information content (AvgIpc) is 3.03. The summed E-state index contributed by atoms with van der Waals surface area (Å²) in [6.45, 7) is 4.34. The Morgan fingerprint density at radius 1 is 1.03 bits per heavy atom. The second-order valence-corrected chi connectivity index (χ2v) is 7.51. The summed E-state index contributed by atoms with van der Waals surface area (Å²) < 4.78 is 29.9. The van der Waals surface area contributed by atoms with Gasteiger partial charge in [0.05, 0.1) is 17.5 Å². The fourth-order valence-corrected chi connectivity index (χ4v) is 3.11. The van der Waals surface area contributed by atoms with Crippen molar-refractivity contribution in [3.05, 3.63) is 70.8 Å². The first-order valence-corrected chi connectivity index (χ1v) is 9.95. The van der Waals surface area contributed by atoms with Gasteiger partial charge in [0, 0.05) is 6.92 Å². The number of carbonyl (C=O) groups is 3. The Labute approximate surface area is 188 Å². The van der Waals surface area contributed by atoms with Crippen LogP contribution in [0.25, 0.3) is 0 Å². The maximum atomic E-state index is 12.7. The third-order valence-corrected chi connectivity index (χ3v) is 4.91. The lowest BCUT2D eigenvalue weighted by Crippen LogP contribution is -2.45. The highest BCUT2D eigenvalue weighted by Crippen LogP contribution is 2.35. The molecule has 1 unspecified atom stereocenters. The lowest BCUT2D eigenvalue weighted by atomic mass is 9.98. The van der Waals surface area contributed by atoms with Crippen LogP contribution in [0, 0.1) is 26.2 Å². The molecule has 1 aliphatic heterocycles. The second kappa shape index (κ2) is 9.67. The summed E-state index contributed by atoms with van der Waals surface area (Å²) >= 11 is 0. The van der Waals surface area contributed by atoms with E-state index in [0.717, 1.165) is 18.1 Å². The molecule has 1 saturated heterocycles. The number of benzene rings is 2. The molecule has 0 saturated carbocycles. The summed E-state index contributed by atoms with van der Waals surface area (Å²) in [4.78, 5) is 36.7. The summed E-state index contributed by atoms with van der Waals surface area (Å²) in [5.41, 5.74) is 0.637. The van der Waals surface area contributed by atoms with Crippen molar-refractivity contribution in [2.45, 2.75) is 45.2 Å². The lowest BCUT2D eigenvalue weighted by Gasteiger charge is -2.28. The zero-order chi connectivity index (χ0) is 24.2. The second-order valence-electron chi connectivity index (χ2n) is 7.51. The molecule has 2 aromatic carbocycles. The van der Waals surface area contributed by atoms with Gasteiger partial charge in [0.2, 0.25) is 11.9 Å². The van der Waals surface area contributed by atoms with Gasteiger partial charge in [0.1, 0.15) is 7.98 Å². The van der Waals surface area contributed by atoms with E-state index >= 15 is 0 Å². The summed E-state index contributed by atoms with van der Waals surface area (Å²) in [6.07, 6.45) is 1.91. The largest absolute Gasteiger partial charge is 0.458 e. The Morgan fingerprint density at radius 2 is 1.56 bits per heavy atom. The van der Waals surface area contributed by atoms with Crippen molar-refractivity contribution in [2.24, 2.45) is 0 Å². The van der Waals surface area contributed by atoms with Gasteiger partial charge in [0.25, 0.3) is 0 Å². The molecule has 7 nitrogen and oxygen atoms in total. The molecule has 3 atom stereocenters. The van der Waals surface area contributed by atoms with Crippen LogP contribution in [0.5, 0.6) is 0 Å². The summed E-state index contributed by atoms with van der Waals surface area (Å²) in [5.74, 6) is 0.188. The molecular weight excluding hydrogens is 412 g/mol. The van der Waals surface area contributed by atoms with E-state index < -0.39 is 42.5 Å². The third kappa shape index (κ3) is 5.34. The van der Waals surface area contributed by atoms with Gasteiger partial charge in [0.15, 0.2) is 6.10 Å². The van der Waals surface area contributed by atoms with Gasteiger partial charge in [-0.15, -0.1) is 6.42 Å². The van der Waals surface area contributed by atoms with E-state index in [4.69, 9.17) is 26.7 Å². The first-order chi connectivity index (χ1) is 15.6. The molecule has 7 heteroatoms. The molecule has 1 heterocycles. The van der Waals surface area contributed by atoms with Crippen LogP contribution in [0.15, 0.2) is 48.5 Å². The van der Waals surface area contributed by atoms with E-state index in [-0.39, 0.29) is 17.5 Å². The minimum Gasteiger partial charge on any atom is -0.458 e. The normalized spacial score (nSPS) is 24.7. The number of aryl methyl sites for hydroxylation is 2. The number of rotatable bonds is 6. The van der Waals surface area contributed by atoms with Gasteiger partial charge in [-0.25, -0.2) is 9.59 Å². The number of hydrogen-bond acceptors (Lipinski definition) is 7. The summed E-state index contributed by atoms with van der Waals surface area (Å²) in [7, 11) is 0. The molecular formula is C25H24O7. The smallest absolute Gasteiger partial charge is 0.338 e. The van der Waals surface area contributed by atoms with Crippen LogP contribution in [-0.4, -0.2) is 42.5 Å². The van der Waals surface area contributed by atoms with Crippen molar-refractivity contribution < 1.29 is 34.7 Å². The molecule has 32 heavy (non-hydrogen) atoms. The lowest BCUT2D eigenvalue weighted by molar-refractivity contribution is -0.184. The van der Waals surface area contributed by atoms with Crippen molar-refractivity contribution >= 4 is 17.9 Å². The minimum absolute atomic E-state index is 0.262. The van der Waals surface area contributed by atoms with Gasteiger partial charge in [-0.3, -0.25) is 4.79 Å². The molecule has 0 amide bonds. The van der Waals surface area contributed by atoms with E-state index in [1.807, 2.05) is 13.8 Å². The molecule has 0 aromatic heterocycles. The van der Waals surface area contributed by atoms with Gasteiger partial charge in [-0.05, 0) is 38.1 Å². The SMILES string of the molecule is [2H]C1(OC(C)=O)C[C@H](OC(=O)c2ccc(C)cc2)[C@@](C#C)(COC(=O)c2ccc(C)cc2)O1. The van der Waals surface area contributed by atoms with E-state index in [2.05, 4.69) is 5.92 Å². The van der Waals surface area contributed by atoms with Crippen LogP contribution < -0.4 is 0 Å². The molecule has 0 aliphatic carbocycles. The van der Waals surface area contributed by atoms with Crippen molar-refractivity contribution in [2.75, 3.05) is 6.61 Å². The molecule has 1 aliphatic rings. The number of carbonyl (C=O) groups excluding carboxylic acids is 3. The van der Waals surface area contributed by atoms with Gasteiger partial charge in [-0.1, -0.05) is 41.3 Å². The topological polar surface area (TPSA) is 88.1 Å². The highest BCUT2D eigenvalue weighted by Gasteiger charge is 2.53. The first-order valence-electron chi connectivity index (χ1n) is 10.4. The summed E-state index contributed by atoms with van der Waals surface area (Å²) in [5, 5.41) is 0.